The van der Waals surface area contributed by atoms with E-state index < -0.39 is 11.9 Å². The van der Waals surface area contributed by atoms with Gasteiger partial charge in [-0.05, 0) is 24.5 Å². The van der Waals surface area contributed by atoms with Crippen LogP contribution >= 0.6 is 0 Å². The maximum absolute atomic E-state index is 12.6. The molecule has 1 aromatic carbocycles. The van der Waals surface area contributed by atoms with E-state index in [0.29, 0.717) is 24.3 Å². The lowest BCUT2D eigenvalue weighted by molar-refractivity contribution is -0.146. The number of ether oxygens (including phenoxy) is 1. The summed E-state index contributed by atoms with van der Waals surface area (Å²) in [7, 11) is 1.59. The highest BCUT2D eigenvalue weighted by Gasteiger charge is 2.32. The Balaban J connectivity index is 1.76. The van der Waals surface area contributed by atoms with Crippen molar-refractivity contribution in [2.75, 3.05) is 20.2 Å². The first-order valence-corrected chi connectivity index (χ1v) is 8.02. The molecular formula is C18H21NO5. The fourth-order valence-electron chi connectivity index (χ4n) is 3.34. The van der Waals surface area contributed by atoms with E-state index in [1.807, 2.05) is 19.1 Å². The van der Waals surface area contributed by atoms with Gasteiger partial charge in [0.2, 0.25) is 5.91 Å². The molecule has 0 aliphatic carbocycles. The molecule has 2 unspecified atom stereocenters. The zero-order chi connectivity index (χ0) is 17.3. The highest BCUT2D eigenvalue weighted by Crippen LogP contribution is 2.27. The first-order chi connectivity index (χ1) is 11.5. The summed E-state index contributed by atoms with van der Waals surface area (Å²) < 4.78 is 10.7. The summed E-state index contributed by atoms with van der Waals surface area (Å²) in [6.07, 6.45) is 2.41. The van der Waals surface area contributed by atoms with Crippen LogP contribution in [0.3, 0.4) is 0 Å². The third-order valence-corrected chi connectivity index (χ3v) is 4.57. The number of carbonyl (C=O) groups excluding carboxylic acids is 1. The highest BCUT2D eigenvalue weighted by atomic mass is 16.5. The maximum atomic E-state index is 12.6. The molecule has 1 fully saturated rings. The zero-order valence-corrected chi connectivity index (χ0v) is 13.8. The monoisotopic (exact) mass is 331 g/mol. The summed E-state index contributed by atoms with van der Waals surface area (Å²) in [6.45, 7) is 2.86. The van der Waals surface area contributed by atoms with Crippen molar-refractivity contribution in [2.45, 2.75) is 19.8 Å². The van der Waals surface area contributed by atoms with Crippen molar-refractivity contribution in [3.63, 3.8) is 0 Å². The Morgan fingerprint density at radius 3 is 2.88 bits per heavy atom. The molecule has 6 heteroatoms. The Morgan fingerprint density at radius 2 is 2.17 bits per heavy atom. The number of carboxylic acid groups (broad SMARTS) is 1. The van der Waals surface area contributed by atoms with E-state index >= 15 is 0 Å². The van der Waals surface area contributed by atoms with Crippen LogP contribution in [0.15, 0.2) is 28.9 Å². The number of carbonyl (C=O) groups is 2. The third kappa shape index (κ3) is 3.22. The van der Waals surface area contributed by atoms with Crippen LogP contribution in [0.2, 0.25) is 0 Å². The fraction of sp³-hybridized carbons (Fsp3) is 0.444. The summed E-state index contributed by atoms with van der Waals surface area (Å²) in [5.41, 5.74) is 1.48. The second kappa shape index (κ2) is 6.55. The van der Waals surface area contributed by atoms with Gasteiger partial charge in [0.15, 0.2) is 0 Å². The van der Waals surface area contributed by atoms with Gasteiger partial charge in [0.25, 0.3) is 0 Å². The Bertz CT molecular complexity index is 766. The van der Waals surface area contributed by atoms with Crippen molar-refractivity contribution in [3.8, 4) is 5.75 Å². The first-order valence-electron chi connectivity index (χ1n) is 8.02. The predicted molar refractivity (Wildman–Crippen MR) is 88.0 cm³/mol. The van der Waals surface area contributed by atoms with Crippen molar-refractivity contribution < 1.29 is 23.8 Å². The average molecular weight is 331 g/mol. The van der Waals surface area contributed by atoms with Crippen LogP contribution in [-0.2, 0) is 16.0 Å². The van der Waals surface area contributed by atoms with Gasteiger partial charge < -0.3 is 19.2 Å². The van der Waals surface area contributed by atoms with Gasteiger partial charge in [-0.3, -0.25) is 9.59 Å². The quantitative estimate of drug-likeness (QED) is 0.931. The number of nitrogens with zero attached hydrogens (tertiary/aromatic N) is 1. The molecule has 0 saturated carbocycles. The lowest BCUT2D eigenvalue weighted by atomic mass is 9.90. The Morgan fingerprint density at radius 1 is 1.38 bits per heavy atom. The van der Waals surface area contributed by atoms with E-state index in [4.69, 9.17) is 9.15 Å². The molecule has 1 aliphatic heterocycles. The normalized spacial score (nSPS) is 21.0. The molecule has 2 atom stereocenters. The highest BCUT2D eigenvalue weighted by molar-refractivity contribution is 5.88. The smallest absolute Gasteiger partial charge is 0.308 e. The van der Waals surface area contributed by atoms with Crippen LogP contribution in [0.1, 0.15) is 18.9 Å². The molecule has 128 valence electrons. The number of benzene rings is 1. The van der Waals surface area contributed by atoms with E-state index in [9.17, 15) is 14.7 Å². The number of piperidine rings is 1. The van der Waals surface area contributed by atoms with E-state index in [-0.39, 0.29) is 24.8 Å². The Kier molecular flexibility index (Phi) is 4.46. The van der Waals surface area contributed by atoms with E-state index in [2.05, 4.69) is 0 Å². The topological polar surface area (TPSA) is 80.0 Å². The van der Waals surface area contributed by atoms with Crippen molar-refractivity contribution in [1.29, 1.82) is 0 Å². The fourth-order valence-corrected chi connectivity index (χ4v) is 3.34. The molecular weight excluding hydrogens is 310 g/mol. The van der Waals surface area contributed by atoms with Gasteiger partial charge >= 0.3 is 5.97 Å². The van der Waals surface area contributed by atoms with E-state index in [1.54, 1.807) is 24.3 Å². The first kappa shape index (κ1) is 16.4. The lowest BCUT2D eigenvalue weighted by Gasteiger charge is -2.34. The van der Waals surface area contributed by atoms with Crippen LogP contribution < -0.4 is 4.74 Å². The molecule has 6 nitrogen and oxygen atoms in total. The Hall–Kier alpha value is -2.50. The predicted octanol–water partition coefficient (Wildman–Crippen LogP) is 2.55. The SMILES string of the molecule is COc1ccc2c(CC(=O)N3CC(C)CC(C(=O)O)C3)coc2c1. The molecule has 2 aromatic rings. The number of aliphatic carboxylic acids is 1. The Labute approximate surface area is 140 Å². The molecule has 1 amide bonds. The molecule has 2 heterocycles. The minimum absolute atomic E-state index is 0.0636. The second-order valence-corrected chi connectivity index (χ2v) is 6.47. The van der Waals surface area contributed by atoms with Crippen LogP contribution in [-0.4, -0.2) is 42.1 Å². The van der Waals surface area contributed by atoms with Crippen LogP contribution in [0.25, 0.3) is 11.0 Å². The van der Waals surface area contributed by atoms with Gasteiger partial charge in [0, 0.05) is 30.1 Å². The molecule has 24 heavy (non-hydrogen) atoms. The number of likely N-dealkylation sites (tertiary alicyclic amines) is 1. The van der Waals surface area contributed by atoms with Gasteiger partial charge in [0.1, 0.15) is 11.3 Å². The van der Waals surface area contributed by atoms with Crippen LogP contribution in [0, 0.1) is 11.8 Å². The van der Waals surface area contributed by atoms with Gasteiger partial charge in [-0.1, -0.05) is 6.92 Å². The number of carboxylic acids is 1. The van der Waals surface area contributed by atoms with Crippen molar-refractivity contribution >= 4 is 22.8 Å². The summed E-state index contributed by atoms with van der Waals surface area (Å²) in [5.74, 6) is -0.493. The molecule has 0 bridgehead atoms. The largest absolute Gasteiger partial charge is 0.497 e. The van der Waals surface area contributed by atoms with Crippen molar-refractivity contribution in [2.24, 2.45) is 11.8 Å². The standard InChI is InChI=1S/C18H21NO5/c1-11-5-12(18(21)22)9-19(8-11)17(20)6-13-10-24-16-7-14(23-2)3-4-15(13)16/h3-4,7,10-12H,5-6,8-9H2,1-2H3,(H,21,22). The molecule has 1 aliphatic rings. The van der Waals surface area contributed by atoms with Crippen LogP contribution in [0.4, 0.5) is 0 Å². The molecule has 1 saturated heterocycles. The second-order valence-electron chi connectivity index (χ2n) is 6.47. The summed E-state index contributed by atoms with van der Waals surface area (Å²) in [6, 6.07) is 5.49. The number of furan rings is 1. The van der Waals surface area contributed by atoms with Gasteiger partial charge in [0.05, 0.1) is 25.7 Å². The number of fused-ring (bicyclic) bond motifs is 1. The zero-order valence-electron chi connectivity index (χ0n) is 13.8. The minimum atomic E-state index is -0.833. The summed E-state index contributed by atoms with van der Waals surface area (Å²) >= 11 is 0. The van der Waals surface area contributed by atoms with Gasteiger partial charge in [-0.25, -0.2) is 0 Å². The number of amides is 1. The number of methoxy groups -OCH3 is 1. The molecule has 1 aromatic heterocycles. The molecule has 3 rings (SSSR count). The van der Waals surface area contributed by atoms with E-state index in [0.717, 1.165) is 10.9 Å². The molecule has 0 spiro atoms. The van der Waals surface area contributed by atoms with Crippen molar-refractivity contribution in [1.82, 2.24) is 4.90 Å². The molecule has 0 radical (unpaired) electrons. The number of hydrogen-bond acceptors (Lipinski definition) is 4. The van der Waals surface area contributed by atoms with Gasteiger partial charge in [-0.15, -0.1) is 0 Å². The summed E-state index contributed by atoms with van der Waals surface area (Å²) in [5, 5.41) is 10.1. The number of rotatable bonds is 4. The summed E-state index contributed by atoms with van der Waals surface area (Å²) in [4.78, 5) is 25.5. The average Bonchev–Trinajstić information content (AvgIpc) is 2.96. The van der Waals surface area contributed by atoms with Crippen LogP contribution in [0.5, 0.6) is 5.75 Å². The van der Waals surface area contributed by atoms with E-state index in [1.165, 1.54) is 0 Å². The third-order valence-electron chi connectivity index (χ3n) is 4.57. The lowest BCUT2D eigenvalue weighted by Crippen LogP contribution is -2.46. The van der Waals surface area contributed by atoms with Crippen molar-refractivity contribution in [3.05, 3.63) is 30.0 Å². The minimum Gasteiger partial charge on any atom is -0.497 e. The maximum Gasteiger partial charge on any atom is 0.308 e. The van der Waals surface area contributed by atoms with Gasteiger partial charge in [-0.2, -0.15) is 0 Å². The number of hydrogen-bond donors (Lipinski definition) is 1. The molecule has 1 N–H and O–H groups in total.